The first-order valence-corrected chi connectivity index (χ1v) is 7.36. The third kappa shape index (κ3) is 3.13. The van der Waals surface area contributed by atoms with Crippen molar-refractivity contribution in [3.8, 4) is 5.69 Å². The number of rotatable bonds is 4. The smallest absolute Gasteiger partial charge is 0.258 e. The van der Waals surface area contributed by atoms with Crippen molar-refractivity contribution < 1.29 is 9.18 Å². The highest BCUT2D eigenvalue weighted by atomic mass is 19.1. The first-order chi connectivity index (χ1) is 11.2. The highest BCUT2D eigenvalue weighted by Gasteiger charge is 2.16. The molecule has 23 heavy (non-hydrogen) atoms. The van der Waals surface area contributed by atoms with Crippen LogP contribution in [0.1, 0.15) is 17.3 Å². The molecule has 2 aromatic carbocycles. The third-order valence-corrected chi connectivity index (χ3v) is 3.58. The van der Waals surface area contributed by atoms with Crippen LogP contribution in [0, 0.1) is 5.82 Å². The SMILES string of the molecule is CCN(C(=O)c1ccc(-n2cccn2)cc1)c1ccc(F)cc1. The van der Waals surface area contributed by atoms with Crippen LogP contribution in [0.25, 0.3) is 5.69 Å². The number of nitrogens with zero attached hydrogens (tertiary/aromatic N) is 3. The molecule has 0 fully saturated rings. The molecule has 0 aliphatic heterocycles. The molecule has 5 heteroatoms. The van der Waals surface area contributed by atoms with Crippen molar-refractivity contribution in [2.75, 3.05) is 11.4 Å². The highest BCUT2D eigenvalue weighted by Crippen LogP contribution is 2.18. The number of aromatic nitrogens is 2. The fourth-order valence-corrected chi connectivity index (χ4v) is 2.40. The Bertz CT molecular complexity index is 780. The standard InChI is InChI=1S/C18H16FN3O/c1-2-21(16-10-6-15(19)7-11-16)18(23)14-4-8-17(9-5-14)22-13-3-12-20-22/h3-13H,2H2,1H3. The average molecular weight is 309 g/mol. The molecular weight excluding hydrogens is 293 g/mol. The van der Waals surface area contributed by atoms with Crippen LogP contribution >= 0.6 is 0 Å². The molecule has 1 heterocycles. The predicted octanol–water partition coefficient (Wildman–Crippen LogP) is 3.68. The molecule has 0 N–H and O–H groups in total. The number of hydrogen-bond donors (Lipinski definition) is 0. The summed E-state index contributed by atoms with van der Waals surface area (Å²) < 4.78 is 14.8. The van der Waals surface area contributed by atoms with E-state index in [1.165, 1.54) is 12.1 Å². The van der Waals surface area contributed by atoms with Crippen LogP contribution in [0.4, 0.5) is 10.1 Å². The van der Waals surface area contributed by atoms with Gasteiger partial charge in [0, 0.05) is 30.2 Å². The highest BCUT2D eigenvalue weighted by molar-refractivity contribution is 6.06. The first kappa shape index (κ1) is 15.0. The van der Waals surface area contributed by atoms with E-state index in [9.17, 15) is 9.18 Å². The lowest BCUT2D eigenvalue weighted by molar-refractivity contribution is 0.0988. The van der Waals surface area contributed by atoms with E-state index >= 15 is 0 Å². The Balaban J connectivity index is 1.84. The van der Waals surface area contributed by atoms with E-state index in [-0.39, 0.29) is 11.7 Å². The molecule has 1 aromatic heterocycles. The van der Waals surface area contributed by atoms with Gasteiger partial charge in [0.05, 0.1) is 5.69 Å². The Labute approximate surface area is 133 Å². The largest absolute Gasteiger partial charge is 0.309 e. The number of carbonyl (C=O) groups is 1. The van der Waals surface area contributed by atoms with Crippen LogP contribution in [-0.2, 0) is 0 Å². The molecule has 0 spiro atoms. The van der Waals surface area contributed by atoms with Crippen molar-refractivity contribution in [2.45, 2.75) is 6.92 Å². The molecule has 0 radical (unpaired) electrons. The van der Waals surface area contributed by atoms with Crippen LogP contribution in [0.3, 0.4) is 0 Å². The zero-order valence-electron chi connectivity index (χ0n) is 12.7. The van der Waals surface area contributed by atoms with Gasteiger partial charge in [0.1, 0.15) is 5.82 Å². The minimum absolute atomic E-state index is 0.119. The van der Waals surface area contributed by atoms with Crippen LogP contribution in [-0.4, -0.2) is 22.2 Å². The second-order valence-electron chi connectivity index (χ2n) is 5.02. The summed E-state index contributed by atoms with van der Waals surface area (Å²) in [6.45, 7) is 2.39. The lowest BCUT2D eigenvalue weighted by Crippen LogP contribution is -2.30. The van der Waals surface area contributed by atoms with E-state index < -0.39 is 0 Å². The number of anilines is 1. The molecule has 0 aliphatic carbocycles. The molecule has 1 amide bonds. The summed E-state index contributed by atoms with van der Waals surface area (Å²) in [5.41, 5.74) is 2.14. The van der Waals surface area contributed by atoms with Crippen molar-refractivity contribution in [2.24, 2.45) is 0 Å². The molecular formula is C18H16FN3O. The summed E-state index contributed by atoms with van der Waals surface area (Å²) in [6.07, 6.45) is 3.54. The lowest BCUT2D eigenvalue weighted by Gasteiger charge is -2.21. The minimum atomic E-state index is -0.319. The molecule has 116 valence electrons. The molecule has 3 aromatic rings. The van der Waals surface area contributed by atoms with Gasteiger partial charge in [0.15, 0.2) is 0 Å². The monoisotopic (exact) mass is 309 g/mol. The summed E-state index contributed by atoms with van der Waals surface area (Å²) in [5, 5.41) is 4.15. The molecule has 0 bridgehead atoms. The van der Waals surface area contributed by atoms with Crippen molar-refractivity contribution in [3.05, 3.63) is 78.4 Å². The van der Waals surface area contributed by atoms with Gasteiger partial charge in [-0.3, -0.25) is 4.79 Å². The molecule has 0 unspecified atom stereocenters. The topological polar surface area (TPSA) is 38.1 Å². The van der Waals surface area contributed by atoms with Crippen molar-refractivity contribution in [1.82, 2.24) is 9.78 Å². The Hall–Kier alpha value is -2.95. The normalized spacial score (nSPS) is 10.5. The maximum atomic E-state index is 13.0. The van der Waals surface area contributed by atoms with Crippen LogP contribution in [0.5, 0.6) is 0 Å². The van der Waals surface area contributed by atoms with E-state index in [4.69, 9.17) is 0 Å². The fourth-order valence-electron chi connectivity index (χ4n) is 2.40. The van der Waals surface area contributed by atoms with E-state index in [0.29, 0.717) is 17.8 Å². The van der Waals surface area contributed by atoms with Gasteiger partial charge in [-0.05, 0) is 61.5 Å². The zero-order chi connectivity index (χ0) is 16.2. The van der Waals surface area contributed by atoms with Gasteiger partial charge in [0.2, 0.25) is 0 Å². The average Bonchev–Trinajstić information content (AvgIpc) is 3.12. The van der Waals surface area contributed by atoms with Gasteiger partial charge in [-0.2, -0.15) is 5.10 Å². The number of benzene rings is 2. The van der Waals surface area contributed by atoms with E-state index in [0.717, 1.165) is 5.69 Å². The Morgan fingerprint density at radius 3 is 2.39 bits per heavy atom. The fraction of sp³-hybridized carbons (Fsp3) is 0.111. The predicted molar refractivity (Wildman–Crippen MR) is 87.3 cm³/mol. The van der Waals surface area contributed by atoms with Gasteiger partial charge in [0.25, 0.3) is 5.91 Å². The van der Waals surface area contributed by atoms with Gasteiger partial charge in [-0.25, -0.2) is 9.07 Å². The van der Waals surface area contributed by atoms with Crippen LogP contribution in [0.2, 0.25) is 0 Å². The second kappa shape index (κ2) is 6.44. The molecule has 3 rings (SSSR count). The Morgan fingerprint density at radius 1 is 1.13 bits per heavy atom. The summed E-state index contributed by atoms with van der Waals surface area (Å²) in [7, 11) is 0. The van der Waals surface area contributed by atoms with Gasteiger partial charge < -0.3 is 4.90 Å². The maximum Gasteiger partial charge on any atom is 0.258 e. The molecule has 0 aliphatic rings. The van der Waals surface area contributed by atoms with E-state index in [2.05, 4.69) is 5.10 Å². The van der Waals surface area contributed by atoms with Gasteiger partial charge in [-0.15, -0.1) is 0 Å². The quantitative estimate of drug-likeness (QED) is 0.737. The number of halogens is 1. The van der Waals surface area contributed by atoms with Crippen molar-refractivity contribution >= 4 is 11.6 Å². The van der Waals surface area contributed by atoms with E-state index in [1.807, 2.05) is 31.3 Å². The third-order valence-electron chi connectivity index (χ3n) is 3.58. The van der Waals surface area contributed by atoms with Crippen molar-refractivity contribution in [1.29, 1.82) is 0 Å². The summed E-state index contributed by atoms with van der Waals surface area (Å²) in [5.74, 6) is -0.438. The maximum absolute atomic E-state index is 13.0. The summed E-state index contributed by atoms with van der Waals surface area (Å²) >= 11 is 0. The molecule has 0 saturated heterocycles. The Kier molecular flexibility index (Phi) is 4.19. The van der Waals surface area contributed by atoms with Crippen molar-refractivity contribution in [3.63, 3.8) is 0 Å². The second-order valence-corrected chi connectivity index (χ2v) is 5.02. The number of carbonyl (C=O) groups excluding carboxylic acids is 1. The van der Waals surface area contributed by atoms with Gasteiger partial charge in [-0.1, -0.05) is 0 Å². The molecule has 4 nitrogen and oxygen atoms in total. The summed E-state index contributed by atoms with van der Waals surface area (Å²) in [6, 6.07) is 15.0. The van der Waals surface area contributed by atoms with Crippen LogP contribution < -0.4 is 4.90 Å². The lowest BCUT2D eigenvalue weighted by atomic mass is 10.1. The number of amides is 1. The molecule has 0 saturated carbocycles. The molecule has 0 atom stereocenters. The first-order valence-electron chi connectivity index (χ1n) is 7.36. The minimum Gasteiger partial charge on any atom is -0.309 e. The zero-order valence-corrected chi connectivity index (χ0v) is 12.7. The Morgan fingerprint density at radius 2 is 1.83 bits per heavy atom. The van der Waals surface area contributed by atoms with E-state index in [1.54, 1.807) is 40.0 Å². The summed E-state index contributed by atoms with van der Waals surface area (Å²) in [4.78, 5) is 14.3. The van der Waals surface area contributed by atoms with Crippen LogP contribution in [0.15, 0.2) is 67.0 Å². The number of hydrogen-bond acceptors (Lipinski definition) is 2. The van der Waals surface area contributed by atoms with Gasteiger partial charge >= 0.3 is 0 Å².